The number of benzene rings is 2. The van der Waals surface area contributed by atoms with Gasteiger partial charge in [0.05, 0.1) is 5.69 Å². The Hall–Kier alpha value is -1.80. The highest BCUT2D eigenvalue weighted by Gasteiger charge is 2.16. The Morgan fingerprint density at radius 1 is 1.00 bits per heavy atom. The Labute approximate surface area is 146 Å². The second-order valence-electron chi connectivity index (χ2n) is 7.01. The third kappa shape index (κ3) is 4.18. The lowest BCUT2D eigenvalue weighted by Gasteiger charge is -2.30. The number of nitrogens with zero attached hydrogens (tertiary/aromatic N) is 1. The van der Waals surface area contributed by atoms with Crippen LogP contribution in [0.5, 0.6) is 0 Å². The maximum absolute atomic E-state index is 6.50. The van der Waals surface area contributed by atoms with Crippen molar-refractivity contribution in [1.82, 2.24) is 0 Å². The van der Waals surface area contributed by atoms with Gasteiger partial charge in [0.15, 0.2) is 0 Å². The van der Waals surface area contributed by atoms with Gasteiger partial charge in [0.2, 0.25) is 0 Å². The molecule has 128 valence electrons. The Balaban J connectivity index is 1.60. The molecule has 0 spiro atoms. The van der Waals surface area contributed by atoms with Crippen LogP contribution in [0.25, 0.3) is 0 Å². The van der Waals surface area contributed by atoms with E-state index in [2.05, 4.69) is 55.5 Å². The van der Waals surface area contributed by atoms with Crippen molar-refractivity contribution in [2.75, 3.05) is 5.01 Å². The Morgan fingerprint density at radius 3 is 2.50 bits per heavy atom. The molecule has 2 nitrogen and oxygen atoms in total. The van der Waals surface area contributed by atoms with Crippen molar-refractivity contribution in [2.24, 2.45) is 5.84 Å². The molecule has 3 rings (SSSR count). The highest BCUT2D eigenvalue weighted by Crippen LogP contribution is 2.27. The summed E-state index contributed by atoms with van der Waals surface area (Å²) in [6.45, 7) is 2.24. The van der Waals surface area contributed by atoms with Gasteiger partial charge in [-0.3, -0.25) is 0 Å². The Morgan fingerprint density at radius 2 is 1.75 bits per heavy atom. The number of rotatable bonds is 7. The van der Waals surface area contributed by atoms with E-state index in [1.54, 1.807) is 0 Å². The quantitative estimate of drug-likeness (QED) is 0.571. The molecule has 0 bridgehead atoms. The molecule has 0 saturated heterocycles. The molecule has 0 aromatic heterocycles. The van der Waals surface area contributed by atoms with E-state index in [4.69, 9.17) is 5.84 Å². The summed E-state index contributed by atoms with van der Waals surface area (Å²) >= 11 is 0. The van der Waals surface area contributed by atoms with Crippen LogP contribution in [0, 0.1) is 0 Å². The number of anilines is 1. The summed E-state index contributed by atoms with van der Waals surface area (Å²) in [5.74, 6) is 6.50. The lowest BCUT2D eigenvalue weighted by atomic mass is 9.91. The smallest absolute Gasteiger partial charge is 0.0523 e. The second-order valence-corrected chi connectivity index (χ2v) is 7.01. The molecular weight excluding hydrogens is 292 g/mol. The highest BCUT2D eigenvalue weighted by molar-refractivity contribution is 5.51. The first-order valence-electron chi connectivity index (χ1n) is 9.47. The minimum Gasteiger partial charge on any atom is -0.308 e. The number of nitrogens with two attached hydrogens (primary N) is 1. The number of fused-ring (bicyclic) bond motifs is 1. The molecule has 24 heavy (non-hydrogen) atoms. The molecule has 0 saturated carbocycles. The molecule has 0 amide bonds. The van der Waals surface area contributed by atoms with E-state index in [9.17, 15) is 0 Å². The Kier molecular flexibility index (Phi) is 5.92. The molecule has 0 fully saturated rings. The van der Waals surface area contributed by atoms with E-state index >= 15 is 0 Å². The third-order valence-corrected chi connectivity index (χ3v) is 5.34. The van der Waals surface area contributed by atoms with E-state index in [0.29, 0.717) is 6.04 Å². The molecule has 1 aliphatic carbocycles. The molecule has 0 radical (unpaired) electrons. The summed E-state index contributed by atoms with van der Waals surface area (Å²) in [7, 11) is 0. The minimum absolute atomic E-state index is 0.412. The summed E-state index contributed by atoms with van der Waals surface area (Å²) in [4.78, 5) is 0. The van der Waals surface area contributed by atoms with Gasteiger partial charge in [0, 0.05) is 6.04 Å². The molecule has 1 unspecified atom stereocenters. The first-order valence-corrected chi connectivity index (χ1v) is 9.47. The van der Waals surface area contributed by atoms with E-state index < -0.39 is 0 Å². The van der Waals surface area contributed by atoms with Gasteiger partial charge < -0.3 is 5.01 Å². The molecule has 1 aliphatic rings. The summed E-state index contributed by atoms with van der Waals surface area (Å²) in [6.07, 6.45) is 9.62. The first-order chi connectivity index (χ1) is 11.8. The molecule has 1 atom stereocenters. The van der Waals surface area contributed by atoms with Gasteiger partial charge >= 0.3 is 0 Å². The van der Waals surface area contributed by atoms with Crippen LogP contribution in [0.15, 0.2) is 48.5 Å². The van der Waals surface area contributed by atoms with Gasteiger partial charge in [-0.1, -0.05) is 43.3 Å². The zero-order valence-electron chi connectivity index (χ0n) is 14.9. The van der Waals surface area contributed by atoms with Gasteiger partial charge in [-0.05, 0) is 80.2 Å². The van der Waals surface area contributed by atoms with Crippen molar-refractivity contribution in [3.05, 3.63) is 65.2 Å². The summed E-state index contributed by atoms with van der Waals surface area (Å²) in [5, 5.41) is 2.01. The fourth-order valence-corrected chi connectivity index (χ4v) is 3.82. The van der Waals surface area contributed by atoms with Crippen LogP contribution in [0.2, 0.25) is 0 Å². The average Bonchev–Trinajstić information content (AvgIpc) is 2.65. The van der Waals surface area contributed by atoms with Crippen LogP contribution < -0.4 is 10.9 Å². The molecule has 2 aromatic carbocycles. The molecule has 0 heterocycles. The predicted octanol–water partition coefficient (Wildman–Crippen LogP) is 5.05. The fraction of sp³-hybridized carbons (Fsp3) is 0.455. The Bertz CT molecular complexity index is 636. The van der Waals surface area contributed by atoms with Crippen LogP contribution in [0.1, 0.15) is 55.7 Å². The lowest BCUT2D eigenvalue weighted by Crippen LogP contribution is -2.41. The normalized spacial score (nSPS) is 14.9. The highest BCUT2D eigenvalue weighted by atomic mass is 15.4. The van der Waals surface area contributed by atoms with E-state index in [-0.39, 0.29) is 0 Å². The standard InChI is InChI=1S/C22H30N2/c1-2-21(14-8-11-18-9-4-3-5-10-18)24(23)22-16-15-19-12-6-7-13-20(19)17-22/h3-5,9-10,15-17,21H,2,6-8,11-14,23H2,1H3. The maximum atomic E-state index is 6.50. The van der Waals surface area contributed by atoms with Crippen LogP contribution in [-0.2, 0) is 19.3 Å². The van der Waals surface area contributed by atoms with Crippen molar-refractivity contribution in [1.29, 1.82) is 0 Å². The van der Waals surface area contributed by atoms with Crippen molar-refractivity contribution in [2.45, 2.75) is 64.3 Å². The molecule has 2 N–H and O–H groups in total. The monoisotopic (exact) mass is 322 g/mol. The van der Waals surface area contributed by atoms with Gasteiger partial charge in [-0.2, -0.15) is 0 Å². The molecule has 2 aromatic rings. The minimum atomic E-state index is 0.412. The van der Waals surface area contributed by atoms with Gasteiger partial charge in [0.25, 0.3) is 0 Å². The van der Waals surface area contributed by atoms with Gasteiger partial charge in [-0.25, -0.2) is 5.84 Å². The van der Waals surface area contributed by atoms with Crippen LogP contribution in [0.3, 0.4) is 0 Å². The van der Waals surface area contributed by atoms with Gasteiger partial charge in [0.1, 0.15) is 0 Å². The number of hydrogen-bond acceptors (Lipinski definition) is 2. The third-order valence-electron chi connectivity index (χ3n) is 5.34. The van der Waals surface area contributed by atoms with Crippen molar-refractivity contribution >= 4 is 5.69 Å². The lowest BCUT2D eigenvalue weighted by molar-refractivity contribution is 0.523. The number of hydrazine groups is 1. The zero-order chi connectivity index (χ0) is 16.8. The van der Waals surface area contributed by atoms with E-state index in [1.165, 1.54) is 54.5 Å². The summed E-state index contributed by atoms with van der Waals surface area (Å²) < 4.78 is 0. The molecule has 0 aliphatic heterocycles. The fourth-order valence-electron chi connectivity index (χ4n) is 3.82. The summed E-state index contributed by atoms with van der Waals surface area (Å²) in [5.41, 5.74) is 5.63. The average molecular weight is 322 g/mol. The zero-order valence-corrected chi connectivity index (χ0v) is 14.9. The van der Waals surface area contributed by atoms with Crippen LogP contribution in [-0.4, -0.2) is 6.04 Å². The van der Waals surface area contributed by atoms with E-state index in [0.717, 1.165) is 19.3 Å². The molecular formula is C22H30N2. The number of hydrogen-bond donors (Lipinski definition) is 1. The van der Waals surface area contributed by atoms with Crippen LogP contribution in [0.4, 0.5) is 5.69 Å². The van der Waals surface area contributed by atoms with Crippen molar-refractivity contribution in [3.63, 3.8) is 0 Å². The second kappa shape index (κ2) is 8.34. The van der Waals surface area contributed by atoms with E-state index in [1.807, 2.05) is 5.01 Å². The largest absolute Gasteiger partial charge is 0.308 e. The van der Waals surface area contributed by atoms with Crippen LogP contribution >= 0.6 is 0 Å². The topological polar surface area (TPSA) is 29.3 Å². The van der Waals surface area contributed by atoms with Crippen molar-refractivity contribution in [3.8, 4) is 0 Å². The SMILES string of the molecule is CCC(CCCc1ccccc1)N(N)c1ccc2c(c1)CCCC2. The predicted molar refractivity (Wildman–Crippen MR) is 103 cm³/mol. The first kappa shape index (κ1) is 17.0. The molecule has 2 heteroatoms. The summed E-state index contributed by atoms with van der Waals surface area (Å²) in [6, 6.07) is 18.0. The maximum Gasteiger partial charge on any atom is 0.0523 e. The number of aryl methyl sites for hydroxylation is 3. The van der Waals surface area contributed by atoms with Crippen molar-refractivity contribution < 1.29 is 0 Å². The van der Waals surface area contributed by atoms with Gasteiger partial charge in [-0.15, -0.1) is 0 Å².